The van der Waals surface area contributed by atoms with Crippen molar-refractivity contribution in [3.05, 3.63) is 74.0 Å². The molecule has 0 bridgehead atoms. The molecule has 0 heterocycles. The van der Waals surface area contributed by atoms with Crippen LogP contribution in [0, 0.1) is 15.9 Å². The molecule has 0 saturated heterocycles. The fraction of sp³-hybridized carbons (Fsp3) is 0.0714. The van der Waals surface area contributed by atoms with Crippen LogP contribution >= 0.6 is 15.9 Å². The summed E-state index contributed by atoms with van der Waals surface area (Å²) in [5, 5.41) is 13.4. The molecule has 5 nitrogen and oxygen atoms in total. The van der Waals surface area contributed by atoms with Crippen molar-refractivity contribution in [1.82, 2.24) is 5.32 Å². The first-order valence-corrected chi connectivity index (χ1v) is 6.74. The molecule has 108 valence electrons. The van der Waals surface area contributed by atoms with Crippen LogP contribution < -0.4 is 5.32 Å². The molecule has 2 rings (SSSR count). The Balaban J connectivity index is 2.11. The predicted octanol–water partition coefficient (Wildman–Crippen LogP) is 3.43. The van der Waals surface area contributed by atoms with E-state index < -0.39 is 16.6 Å². The van der Waals surface area contributed by atoms with E-state index >= 15 is 0 Å². The number of carbonyl (C=O) groups excluding carboxylic acids is 1. The summed E-state index contributed by atoms with van der Waals surface area (Å²) in [6.45, 7) is 0.0188. The van der Waals surface area contributed by atoms with Crippen molar-refractivity contribution in [3.8, 4) is 0 Å². The number of benzene rings is 2. The molecule has 21 heavy (non-hydrogen) atoms. The van der Waals surface area contributed by atoms with Gasteiger partial charge in [0.1, 0.15) is 5.82 Å². The summed E-state index contributed by atoms with van der Waals surface area (Å²) in [5.74, 6) is -0.904. The molecule has 1 N–H and O–H groups in total. The third kappa shape index (κ3) is 3.63. The Morgan fingerprint density at radius 2 is 2.00 bits per heavy atom. The van der Waals surface area contributed by atoms with Gasteiger partial charge in [-0.25, -0.2) is 4.39 Å². The molecule has 0 saturated carbocycles. The lowest BCUT2D eigenvalue weighted by molar-refractivity contribution is -0.385. The molecule has 7 heteroatoms. The smallest absolute Gasteiger partial charge is 0.274 e. The van der Waals surface area contributed by atoms with E-state index in [9.17, 15) is 19.3 Å². The first kappa shape index (κ1) is 15.1. The minimum atomic E-state index is -0.504. The van der Waals surface area contributed by atoms with Gasteiger partial charge in [0.05, 0.1) is 9.40 Å². The largest absolute Gasteiger partial charge is 0.348 e. The minimum absolute atomic E-state index is 0.0188. The van der Waals surface area contributed by atoms with Gasteiger partial charge in [0.2, 0.25) is 0 Å². The second kappa shape index (κ2) is 6.45. The number of nitro groups is 1. The summed E-state index contributed by atoms with van der Waals surface area (Å²) in [4.78, 5) is 22.3. The number of halogens is 2. The van der Waals surface area contributed by atoms with Crippen LogP contribution in [0.5, 0.6) is 0 Å². The molecule has 2 aromatic carbocycles. The summed E-state index contributed by atoms with van der Waals surface area (Å²) in [6.07, 6.45) is 0. The molecule has 0 aliphatic carbocycles. The first-order chi connectivity index (χ1) is 9.99. The van der Waals surface area contributed by atoms with Crippen LogP contribution in [-0.4, -0.2) is 10.8 Å². The van der Waals surface area contributed by atoms with Gasteiger partial charge in [-0.1, -0.05) is 18.2 Å². The van der Waals surface area contributed by atoms with Crippen molar-refractivity contribution >= 4 is 27.5 Å². The topological polar surface area (TPSA) is 72.2 Å². The standard InChI is InChI=1S/C14H10BrFN2O3/c15-11-7-9(5-6-12(11)16)14(19)17-8-10-3-1-2-4-13(10)18(20)21/h1-7H,8H2,(H,17,19). The summed E-state index contributed by atoms with van der Waals surface area (Å²) in [5.41, 5.74) is 0.608. The Labute approximate surface area is 128 Å². The quantitative estimate of drug-likeness (QED) is 0.676. The molecule has 0 aliphatic rings. The third-order valence-electron chi connectivity index (χ3n) is 2.81. The highest BCUT2D eigenvalue weighted by atomic mass is 79.9. The Morgan fingerprint density at radius 3 is 2.67 bits per heavy atom. The highest BCUT2D eigenvalue weighted by molar-refractivity contribution is 9.10. The lowest BCUT2D eigenvalue weighted by Crippen LogP contribution is -2.23. The van der Waals surface area contributed by atoms with E-state index in [4.69, 9.17) is 0 Å². The molecule has 1 amide bonds. The third-order valence-corrected chi connectivity index (χ3v) is 3.42. The van der Waals surface area contributed by atoms with Crippen LogP contribution in [0.4, 0.5) is 10.1 Å². The van der Waals surface area contributed by atoms with Crippen LogP contribution in [0.3, 0.4) is 0 Å². The van der Waals surface area contributed by atoms with Gasteiger partial charge in [-0.2, -0.15) is 0 Å². The average Bonchev–Trinajstić information content (AvgIpc) is 2.47. The molecule has 0 radical (unpaired) electrons. The van der Waals surface area contributed by atoms with Crippen LogP contribution in [0.25, 0.3) is 0 Å². The van der Waals surface area contributed by atoms with Crippen LogP contribution in [-0.2, 0) is 6.54 Å². The molecule has 2 aromatic rings. The van der Waals surface area contributed by atoms with Gasteiger partial charge in [0.15, 0.2) is 0 Å². The van der Waals surface area contributed by atoms with E-state index in [1.807, 2.05) is 0 Å². The minimum Gasteiger partial charge on any atom is -0.348 e. The highest BCUT2D eigenvalue weighted by Crippen LogP contribution is 2.19. The van der Waals surface area contributed by atoms with Gasteiger partial charge in [-0.3, -0.25) is 14.9 Å². The Bertz CT molecular complexity index is 706. The lowest BCUT2D eigenvalue weighted by Gasteiger charge is -2.06. The number of nitrogens with one attached hydrogen (secondary N) is 1. The molecule has 0 atom stereocenters. The number of carbonyl (C=O) groups is 1. The molecule has 0 aliphatic heterocycles. The van der Waals surface area contributed by atoms with Crippen LogP contribution in [0.15, 0.2) is 46.9 Å². The molecular weight excluding hydrogens is 343 g/mol. The van der Waals surface area contributed by atoms with Gasteiger partial charge in [-0.15, -0.1) is 0 Å². The Hall–Kier alpha value is -2.28. The lowest BCUT2D eigenvalue weighted by atomic mass is 10.1. The molecule has 0 fully saturated rings. The summed E-state index contributed by atoms with van der Waals surface area (Å²) in [7, 11) is 0. The number of nitrogens with zero attached hydrogens (tertiary/aromatic N) is 1. The SMILES string of the molecule is O=C(NCc1ccccc1[N+](=O)[O-])c1ccc(F)c(Br)c1. The van der Waals surface area contributed by atoms with Crippen LogP contribution in [0.2, 0.25) is 0 Å². The van der Waals surface area contributed by atoms with Gasteiger partial charge in [0.25, 0.3) is 11.6 Å². The van der Waals surface area contributed by atoms with E-state index in [0.29, 0.717) is 5.56 Å². The summed E-state index contributed by atoms with van der Waals surface area (Å²) < 4.78 is 13.3. The molecule has 0 aromatic heterocycles. The number of para-hydroxylation sites is 1. The zero-order valence-corrected chi connectivity index (χ0v) is 12.3. The zero-order chi connectivity index (χ0) is 15.4. The van der Waals surface area contributed by atoms with Crippen molar-refractivity contribution in [1.29, 1.82) is 0 Å². The fourth-order valence-electron chi connectivity index (χ4n) is 1.75. The Morgan fingerprint density at radius 1 is 1.29 bits per heavy atom. The maximum Gasteiger partial charge on any atom is 0.274 e. The van der Waals surface area contributed by atoms with Crippen molar-refractivity contribution in [3.63, 3.8) is 0 Å². The fourth-order valence-corrected chi connectivity index (χ4v) is 2.13. The normalized spacial score (nSPS) is 10.2. The monoisotopic (exact) mass is 352 g/mol. The number of hydrogen-bond donors (Lipinski definition) is 1. The number of rotatable bonds is 4. The maximum absolute atomic E-state index is 13.1. The maximum atomic E-state index is 13.1. The molecule has 0 spiro atoms. The summed E-state index contributed by atoms with van der Waals surface area (Å²) in [6, 6.07) is 10.0. The van der Waals surface area contributed by atoms with Crippen molar-refractivity contribution in [2.75, 3.05) is 0 Å². The van der Waals surface area contributed by atoms with E-state index in [2.05, 4.69) is 21.2 Å². The highest BCUT2D eigenvalue weighted by Gasteiger charge is 2.14. The van der Waals surface area contributed by atoms with Gasteiger partial charge in [-0.05, 0) is 34.1 Å². The predicted molar refractivity (Wildman–Crippen MR) is 78.4 cm³/mol. The van der Waals surface area contributed by atoms with Crippen molar-refractivity contribution in [2.45, 2.75) is 6.54 Å². The van der Waals surface area contributed by atoms with E-state index in [1.165, 1.54) is 24.3 Å². The number of nitro benzene ring substituents is 1. The Kier molecular flexibility index (Phi) is 4.64. The van der Waals surface area contributed by atoms with E-state index in [-0.39, 0.29) is 22.3 Å². The van der Waals surface area contributed by atoms with E-state index in [0.717, 1.165) is 0 Å². The van der Waals surface area contributed by atoms with Crippen molar-refractivity contribution in [2.24, 2.45) is 0 Å². The van der Waals surface area contributed by atoms with E-state index in [1.54, 1.807) is 18.2 Å². The number of hydrogen-bond acceptors (Lipinski definition) is 3. The summed E-state index contributed by atoms with van der Waals surface area (Å²) >= 11 is 3.00. The first-order valence-electron chi connectivity index (χ1n) is 5.94. The second-order valence-corrected chi connectivity index (χ2v) is 5.05. The van der Waals surface area contributed by atoms with Gasteiger partial charge >= 0.3 is 0 Å². The zero-order valence-electron chi connectivity index (χ0n) is 10.7. The average molecular weight is 353 g/mol. The van der Waals surface area contributed by atoms with Crippen LogP contribution in [0.1, 0.15) is 15.9 Å². The van der Waals surface area contributed by atoms with Crippen molar-refractivity contribution < 1.29 is 14.1 Å². The molecular formula is C14H10BrFN2O3. The van der Waals surface area contributed by atoms with Gasteiger partial charge < -0.3 is 5.32 Å². The second-order valence-electron chi connectivity index (χ2n) is 4.20. The van der Waals surface area contributed by atoms with Gasteiger partial charge in [0, 0.05) is 23.7 Å². The molecule has 0 unspecified atom stereocenters. The number of amides is 1.